The molecule has 0 aromatic rings. The van der Waals surface area contributed by atoms with Crippen LogP contribution in [0.15, 0.2) is 170 Å². The zero-order valence-electron chi connectivity index (χ0n) is 52.7. The van der Waals surface area contributed by atoms with Gasteiger partial charge in [-0.25, -0.2) is 0 Å². The highest BCUT2D eigenvalue weighted by Crippen LogP contribution is 2.14. The van der Waals surface area contributed by atoms with E-state index in [1.54, 1.807) is 0 Å². The zero-order valence-corrected chi connectivity index (χ0v) is 52.7. The van der Waals surface area contributed by atoms with Crippen LogP contribution in [0.3, 0.4) is 0 Å². The lowest BCUT2D eigenvalue weighted by atomic mass is 10.1. The molecule has 0 aliphatic rings. The first-order valence-electron chi connectivity index (χ1n) is 33.1. The number of hydrogen-bond acceptors (Lipinski definition) is 6. The molecule has 460 valence electrons. The fourth-order valence-corrected chi connectivity index (χ4v) is 8.52. The standard InChI is InChI=1S/C76H120O6/c1-4-7-10-13-16-19-22-25-28-30-32-33-34-35-36-37-38-39-40-41-42-43-45-46-48-51-54-57-60-63-66-69-75(78)81-72-73(71-80-74(77)68-65-62-59-56-53-50-27-24-21-18-15-12-9-6-3)82-76(79)70-67-64-61-58-55-52-49-47-44-31-29-26-23-20-17-14-11-8-5-2/h7-8,10-11,15-20,24-29,32-33,35-36,38-39,41-42,44-47,73H,4-6,9,12-14,21-23,30-31,34,37,40,43,48-72H2,1-3H3/b10-7-,11-8-,18-15-,19-16-,20-17-,27-24-,28-25-,29-26-,33-32-,36-35-,39-38-,42-41-,46-45-,47-44-. The molecule has 0 N–H and O–H groups in total. The van der Waals surface area contributed by atoms with Crippen LogP contribution in [0.2, 0.25) is 0 Å². The number of carbonyl (C=O) groups excluding carboxylic acids is 3. The Morgan fingerprint density at radius 1 is 0.256 bits per heavy atom. The monoisotopic (exact) mass is 1130 g/mol. The van der Waals surface area contributed by atoms with E-state index in [2.05, 4.69) is 191 Å². The van der Waals surface area contributed by atoms with Gasteiger partial charge in [0, 0.05) is 19.3 Å². The Kier molecular flexibility index (Phi) is 63.9. The minimum atomic E-state index is -0.808. The number of esters is 3. The van der Waals surface area contributed by atoms with Crippen LogP contribution < -0.4 is 0 Å². The molecule has 6 nitrogen and oxygen atoms in total. The highest BCUT2D eigenvalue weighted by molar-refractivity contribution is 5.71. The quantitative estimate of drug-likeness (QED) is 0.0261. The smallest absolute Gasteiger partial charge is 0.306 e. The van der Waals surface area contributed by atoms with E-state index in [-0.39, 0.29) is 31.1 Å². The molecule has 0 fully saturated rings. The Balaban J connectivity index is 4.41. The van der Waals surface area contributed by atoms with Crippen LogP contribution in [0.25, 0.3) is 0 Å². The number of carbonyl (C=O) groups is 3. The van der Waals surface area contributed by atoms with Crippen LogP contribution in [-0.2, 0) is 28.6 Å². The summed E-state index contributed by atoms with van der Waals surface area (Å²) in [6.45, 7) is 6.33. The van der Waals surface area contributed by atoms with Crippen LogP contribution in [0.5, 0.6) is 0 Å². The molecule has 0 amide bonds. The predicted molar refractivity (Wildman–Crippen MR) is 357 cm³/mol. The van der Waals surface area contributed by atoms with Crippen LogP contribution >= 0.6 is 0 Å². The summed E-state index contributed by atoms with van der Waals surface area (Å²) in [4.78, 5) is 38.4. The van der Waals surface area contributed by atoms with Gasteiger partial charge in [0.05, 0.1) is 0 Å². The maximum atomic E-state index is 12.9. The normalized spacial score (nSPS) is 13.3. The molecule has 0 aliphatic carbocycles. The second-order valence-corrected chi connectivity index (χ2v) is 21.3. The molecular weight excluding hydrogens is 1010 g/mol. The highest BCUT2D eigenvalue weighted by atomic mass is 16.6. The van der Waals surface area contributed by atoms with Crippen LogP contribution in [0, 0.1) is 0 Å². The van der Waals surface area contributed by atoms with Gasteiger partial charge in [0.1, 0.15) is 13.2 Å². The zero-order chi connectivity index (χ0) is 59.2. The van der Waals surface area contributed by atoms with Crippen LogP contribution in [-0.4, -0.2) is 37.2 Å². The Morgan fingerprint density at radius 3 is 0.744 bits per heavy atom. The molecule has 0 bridgehead atoms. The minimum absolute atomic E-state index is 0.103. The molecule has 0 heterocycles. The number of ether oxygens (including phenoxy) is 3. The molecule has 0 saturated heterocycles. The number of hydrogen-bond donors (Lipinski definition) is 0. The number of allylic oxidation sites excluding steroid dienone is 28. The van der Waals surface area contributed by atoms with Crippen LogP contribution in [0.1, 0.15) is 271 Å². The lowest BCUT2D eigenvalue weighted by Crippen LogP contribution is -2.30. The first-order chi connectivity index (χ1) is 40.5. The van der Waals surface area contributed by atoms with Crippen molar-refractivity contribution in [2.75, 3.05) is 13.2 Å². The van der Waals surface area contributed by atoms with Gasteiger partial charge in [0.2, 0.25) is 0 Å². The summed E-state index contributed by atoms with van der Waals surface area (Å²) >= 11 is 0. The van der Waals surface area contributed by atoms with E-state index in [0.29, 0.717) is 19.3 Å². The molecule has 0 rings (SSSR count). The second kappa shape index (κ2) is 68.3. The second-order valence-electron chi connectivity index (χ2n) is 21.3. The van der Waals surface area contributed by atoms with E-state index in [9.17, 15) is 14.4 Å². The molecule has 0 spiro atoms. The van der Waals surface area contributed by atoms with Gasteiger partial charge in [-0.15, -0.1) is 0 Å². The Hall–Kier alpha value is -5.23. The van der Waals surface area contributed by atoms with Crippen LogP contribution in [0.4, 0.5) is 0 Å². The summed E-state index contributed by atoms with van der Waals surface area (Å²) in [7, 11) is 0. The van der Waals surface area contributed by atoms with Crippen molar-refractivity contribution in [3.05, 3.63) is 170 Å². The van der Waals surface area contributed by atoms with Crippen molar-refractivity contribution in [1.29, 1.82) is 0 Å². The first-order valence-corrected chi connectivity index (χ1v) is 33.1. The van der Waals surface area contributed by atoms with E-state index in [1.807, 2.05) is 0 Å². The molecule has 0 aromatic heterocycles. The van der Waals surface area contributed by atoms with Crippen molar-refractivity contribution >= 4 is 17.9 Å². The van der Waals surface area contributed by atoms with Gasteiger partial charge >= 0.3 is 17.9 Å². The maximum absolute atomic E-state index is 12.9. The van der Waals surface area contributed by atoms with E-state index in [1.165, 1.54) is 44.9 Å². The third-order valence-electron chi connectivity index (χ3n) is 13.4. The lowest BCUT2D eigenvalue weighted by Gasteiger charge is -2.18. The van der Waals surface area contributed by atoms with Crippen molar-refractivity contribution in [3.63, 3.8) is 0 Å². The van der Waals surface area contributed by atoms with Gasteiger partial charge in [0.15, 0.2) is 6.10 Å². The fourth-order valence-electron chi connectivity index (χ4n) is 8.52. The Morgan fingerprint density at radius 2 is 0.476 bits per heavy atom. The Labute approximate surface area is 504 Å². The minimum Gasteiger partial charge on any atom is -0.462 e. The summed E-state index contributed by atoms with van der Waals surface area (Å²) in [5.74, 6) is -0.948. The SMILES string of the molecule is CC/C=C\C/C=C\C/C=C\C/C=C\C/C=C\C/C=C\C/C=C\C/C=C\CCCCCCCCC(=O)OCC(COC(=O)CCCCCCC/C=C\C/C=C\CCCC)OC(=O)CCCCCCCC/C=C\C/C=C\C/C=C\C/C=C\CC. The molecule has 6 heteroatoms. The predicted octanol–water partition coefficient (Wildman–Crippen LogP) is 23.0. The van der Waals surface area contributed by atoms with Gasteiger partial charge in [-0.1, -0.05) is 274 Å². The molecule has 1 atom stereocenters. The van der Waals surface area contributed by atoms with Gasteiger partial charge < -0.3 is 14.2 Å². The summed E-state index contributed by atoms with van der Waals surface area (Å²) in [5.41, 5.74) is 0. The van der Waals surface area contributed by atoms with Gasteiger partial charge in [0.25, 0.3) is 0 Å². The average Bonchev–Trinajstić information content (AvgIpc) is 3.47. The number of rotatable bonds is 58. The lowest BCUT2D eigenvalue weighted by molar-refractivity contribution is -0.167. The fraction of sp³-hybridized carbons (Fsp3) is 0.592. The first kappa shape index (κ1) is 76.8. The van der Waals surface area contributed by atoms with Crippen molar-refractivity contribution in [1.82, 2.24) is 0 Å². The third-order valence-corrected chi connectivity index (χ3v) is 13.4. The third kappa shape index (κ3) is 65.6. The average molecular weight is 1130 g/mol. The molecule has 0 aliphatic heterocycles. The van der Waals surface area contributed by atoms with E-state index < -0.39 is 6.10 Å². The summed E-state index contributed by atoms with van der Waals surface area (Å²) in [6.07, 6.45) is 101. The van der Waals surface area contributed by atoms with Crippen molar-refractivity contribution in [2.24, 2.45) is 0 Å². The van der Waals surface area contributed by atoms with Crippen molar-refractivity contribution in [2.45, 2.75) is 277 Å². The summed E-state index contributed by atoms with van der Waals surface area (Å²) in [6, 6.07) is 0. The number of unbranched alkanes of at least 4 members (excludes halogenated alkanes) is 19. The molecule has 0 aromatic carbocycles. The molecule has 0 saturated carbocycles. The van der Waals surface area contributed by atoms with Gasteiger partial charge in [-0.3, -0.25) is 14.4 Å². The summed E-state index contributed by atoms with van der Waals surface area (Å²) in [5, 5.41) is 0. The molecule has 1 unspecified atom stereocenters. The highest BCUT2D eigenvalue weighted by Gasteiger charge is 2.19. The molecule has 0 radical (unpaired) electrons. The summed E-state index contributed by atoms with van der Waals surface area (Å²) < 4.78 is 16.9. The molecular formula is C76H120O6. The maximum Gasteiger partial charge on any atom is 0.306 e. The largest absolute Gasteiger partial charge is 0.462 e. The topological polar surface area (TPSA) is 78.9 Å². The van der Waals surface area contributed by atoms with E-state index in [0.717, 1.165) is 186 Å². The van der Waals surface area contributed by atoms with E-state index >= 15 is 0 Å². The van der Waals surface area contributed by atoms with Gasteiger partial charge in [-0.05, 0) is 148 Å². The Bertz CT molecular complexity index is 1870. The van der Waals surface area contributed by atoms with Crippen molar-refractivity contribution < 1.29 is 28.6 Å². The van der Waals surface area contributed by atoms with Crippen molar-refractivity contribution in [3.8, 4) is 0 Å². The van der Waals surface area contributed by atoms with Gasteiger partial charge in [-0.2, -0.15) is 0 Å². The molecule has 82 heavy (non-hydrogen) atoms. The van der Waals surface area contributed by atoms with E-state index in [4.69, 9.17) is 14.2 Å².